The Morgan fingerprint density at radius 3 is 2.62 bits per heavy atom. The van der Waals surface area contributed by atoms with E-state index < -0.39 is 0 Å². The van der Waals surface area contributed by atoms with Gasteiger partial charge in [-0.05, 0) is 49.5 Å². The lowest BCUT2D eigenvalue weighted by Crippen LogP contribution is -2.28. The Labute approximate surface area is 161 Å². The number of nitrogens with one attached hydrogen (secondary N) is 1. The molecule has 0 saturated carbocycles. The third-order valence-electron chi connectivity index (χ3n) is 5.77. The summed E-state index contributed by atoms with van der Waals surface area (Å²) < 4.78 is 5.29. The quantitative estimate of drug-likeness (QED) is 0.599. The molecule has 1 heterocycles. The maximum atomic E-state index is 12.6. The lowest BCUT2D eigenvalue weighted by molar-refractivity contribution is -0.116. The SMILES string of the molecule is CCCCC(=O)Nc1sc2c(c1C(=O)OCC)CC[C@H](C(C)(C)CC)C2. The van der Waals surface area contributed by atoms with Gasteiger partial charge in [0.2, 0.25) is 5.91 Å². The van der Waals surface area contributed by atoms with E-state index in [1.54, 1.807) is 11.3 Å². The van der Waals surface area contributed by atoms with Gasteiger partial charge in [0.25, 0.3) is 0 Å². The predicted octanol–water partition coefficient (Wildman–Crippen LogP) is 5.59. The number of hydrogen-bond donors (Lipinski definition) is 1. The summed E-state index contributed by atoms with van der Waals surface area (Å²) in [5.41, 5.74) is 1.99. The lowest BCUT2D eigenvalue weighted by Gasteiger charge is -2.36. The molecule has 26 heavy (non-hydrogen) atoms. The Morgan fingerprint density at radius 2 is 2.00 bits per heavy atom. The molecule has 1 aliphatic rings. The van der Waals surface area contributed by atoms with Gasteiger partial charge in [0.1, 0.15) is 5.00 Å². The Kier molecular flexibility index (Phi) is 7.27. The summed E-state index contributed by atoms with van der Waals surface area (Å²) in [6.45, 7) is 11.1. The van der Waals surface area contributed by atoms with E-state index in [4.69, 9.17) is 4.74 Å². The van der Waals surface area contributed by atoms with Crippen molar-refractivity contribution >= 4 is 28.2 Å². The summed E-state index contributed by atoms with van der Waals surface area (Å²) in [4.78, 5) is 26.0. The second-order valence-electron chi connectivity index (χ2n) is 7.86. The number of rotatable bonds is 8. The van der Waals surface area contributed by atoms with E-state index in [0.717, 1.165) is 44.1 Å². The number of fused-ring (bicyclic) bond motifs is 1. The maximum Gasteiger partial charge on any atom is 0.341 e. The summed E-state index contributed by atoms with van der Waals surface area (Å²) in [5.74, 6) is 0.294. The standard InChI is InChI=1S/C21H33NO3S/c1-6-9-10-17(23)22-19-18(20(24)25-8-3)15-12-11-14(13-16(15)26-19)21(4,5)7-2/h14H,6-13H2,1-5H3,(H,22,23)/t14-/m0/s1. The monoisotopic (exact) mass is 379 g/mol. The summed E-state index contributed by atoms with van der Waals surface area (Å²) in [7, 11) is 0. The number of esters is 1. The molecule has 146 valence electrons. The highest BCUT2D eigenvalue weighted by Crippen LogP contribution is 2.45. The summed E-state index contributed by atoms with van der Waals surface area (Å²) >= 11 is 1.58. The number of amides is 1. The average Bonchev–Trinajstić information content (AvgIpc) is 2.96. The smallest absolute Gasteiger partial charge is 0.341 e. The van der Waals surface area contributed by atoms with Crippen LogP contribution < -0.4 is 5.32 Å². The zero-order chi connectivity index (χ0) is 19.3. The van der Waals surface area contributed by atoms with Crippen molar-refractivity contribution in [2.45, 2.75) is 79.6 Å². The fourth-order valence-electron chi connectivity index (χ4n) is 3.58. The van der Waals surface area contributed by atoms with Gasteiger partial charge < -0.3 is 10.1 Å². The van der Waals surface area contributed by atoms with Gasteiger partial charge in [0, 0.05) is 11.3 Å². The molecule has 5 heteroatoms. The van der Waals surface area contributed by atoms with Crippen molar-refractivity contribution < 1.29 is 14.3 Å². The first-order chi connectivity index (χ1) is 12.3. The van der Waals surface area contributed by atoms with Crippen molar-refractivity contribution in [3.63, 3.8) is 0 Å². The second-order valence-corrected chi connectivity index (χ2v) is 8.97. The highest BCUT2D eigenvalue weighted by molar-refractivity contribution is 7.17. The molecule has 1 aromatic rings. The molecular formula is C21H33NO3S. The second kappa shape index (κ2) is 9.03. The molecule has 0 unspecified atom stereocenters. The van der Waals surface area contributed by atoms with Crippen LogP contribution in [0.25, 0.3) is 0 Å². The van der Waals surface area contributed by atoms with E-state index in [0.29, 0.717) is 29.5 Å². The highest BCUT2D eigenvalue weighted by Gasteiger charge is 2.35. The molecule has 2 rings (SSSR count). The largest absolute Gasteiger partial charge is 0.462 e. The number of carbonyl (C=O) groups is 2. The third kappa shape index (κ3) is 4.67. The molecule has 0 fully saturated rings. The van der Waals surface area contributed by atoms with Crippen molar-refractivity contribution in [3.8, 4) is 0 Å². The zero-order valence-electron chi connectivity index (χ0n) is 16.9. The van der Waals surface area contributed by atoms with Crippen LogP contribution >= 0.6 is 11.3 Å². The molecule has 0 spiro atoms. The number of unbranched alkanes of at least 4 members (excludes halogenated alkanes) is 1. The Morgan fingerprint density at radius 1 is 1.27 bits per heavy atom. The van der Waals surface area contributed by atoms with Crippen LogP contribution in [0.5, 0.6) is 0 Å². The molecule has 0 aromatic carbocycles. The molecule has 1 atom stereocenters. The first-order valence-electron chi connectivity index (χ1n) is 9.95. The summed E-state index contributed by atoms with van der Waals surface area (Å²) in [5, 5.41) is 3.67. The minimum atomic E-state index is -0.302. The first kappa shape index (κ1) is 20.9. The van der Waals surface area contributed by atoms with Gasteiger partial charge in [-0.2, -0.15) is 0 Å². The van der Waals surface area contributed by atoms with E-state index in [1.807, 2.05) is 6.92 Å². The number of thiophene rings is 1. The van der Waals surface area contributed by atoms with Gasteiger partial charge in [0.15, 0.2) is 0 Å². The molecule has 0 aliphatic heterocycles. The van der Waals surface area contributed by atoms with Crippen LogP contribution in [0, 0.1) is 11.3 Å². The number of anilines is 1. The van der Waals surface area contributed by atoms with Crippen LogP contribution in [0.4, 0.5) is 5.00 Å². The first-order valence-corrected chi connectivity index (χ1v) is 10.8. The number of carbonyl (C=O) groups excluding carboxylic acids is 2. The van der Waals surface area contributed by atoms with E-state index in [-0.39, 0.29) is 17.3 Å². The van der Waals surface area contributed by atoms with E-state index >= 15 is 0 Å². The average molecular weight is 380 g/mol. The maximum absolute atomic E-state index is 12.6. The fourth-order valence-corrected chi connectivity index (χ4v) is 4.91. The van der Waals surface area contributed by atoms with E-state index in [2.05, 4.69) is 33.0 Å². The molecular weight excluding hydrogens is 346 g/mol. The van der Waals surface area contributed by atoms with Crippen molar-refractivity contribution in [1.82, 2.24) is 0 Å². The van der Waals surface area contributed by atoms with Crippen molar-refractivity contribution in [2.24, 2.45) is 11.3 Å². The molecule has 0 radical (unpaired) electrons. The van der Waals surface area contributed by atoms with Gasteiger partial charge in [-0.15, -0.1) is 11.3 Å². The van der Waals surface area contributed by atoms with Crippen LogP contribution in [0.2, 0.25) is 0 Å². The van der Waals surface area contributed by atoms with Gasteiger partial charge in [-0.1, -0.05) is 40.5 Å². The molecule has 0 saturated heterocycles. The van der Waals surface area contributed by atoms with Gasteiger partial charge in [0.05, 0.1) is 12.2 Å². The van der Waals surface area contributed by atoms with Crippen LogP contribution in [0.3, 0.4) is 0 Å². The van der Waals surface area contributed by atoms with Crippen molar-refractivity contribution in [2.75, 3.05) is 11.9 Å². The Bertz CT molecular complexity index is 648. The molecule has 1 aliphatic carbocycles. The fraction of sp³-hybridized carbons (Fsp3) is 0.714. The van der Waals surface area contributed by atoms with Crippen LogP contribution in [-0.4, -0.2) is 18.5 Å². The molecule has 0 bridgehead atoms. The normalized spacial score (nSPS) is 16.9. The minimum absolute atomic E-state index is 0.0126. The van der Waals surface area contributed by atoms with Gasteiger partial charge in [-0.25, -0.2) is 4.79 Å². The molecule has 1 aromatic heterocycles. The van der Waals surface area contributed by atoms with Crippen molar-refractivity contribution in [3.05, 3.63) is 16.0 Å². The van der Waals surface area contributed by atoms with E-state index in [1.165, 1.54) is 4.88 Å². The number of ether oxygens (including phenoxy) is 1. The van der Waals surface area contributed by atoms with Crippen LogP contribution in [-0.2, 0) is 22.4 Å². The lowest BCUT2D eigenvalue weighted by atomic mass is 9.69. The number of hydrogen-bond acceptors (Lipinski definition) is 4. The Hall–Kier alpha value is -1.36. The highest BCUT2D eigenvalue weighted by atomic mass is 32.1. The zero-order valence-corrected chi connectivity index (χ0v) is 17.7. The topological polar surface area (TPSA) is 55.4 Å². The molecule has 4 nitrogen and oxygen atoms in total. The van der Waals surface area contributed by atoms with Gasteiger partial charge >= 0.3 is 5.97 Å². The molecule has 1 N–H and O–H groups in total. The predicted molar refractivity (Wildman–Crippen MR) is 108 cm³/mol. The minimum Gasteiger partial charge on any atom is -0.462 e. The molecule has 1 amide bonds. The van der Waals surface area contributed by atoms with Gasteiger partial charge in [-0.3, -0.25) is 4.79 Å². The van der Waals surface area contributed by atoms with Crippen LogP contribution in [0.1, 0.15) is 87.5 Å². The Balaban J connectivity index is 2.31. The van der Waals surface area contributed by atoms with Crippen molar-refractivity contribution in [1.29, 1.82) is 0 Å². The van der Waals surface area contributed by atoms with Crippen LogP contribution in [0.15, 0.2) is 0 Å². The summed E-state index contributed by atoms with van der Waals surface area (Å²) in [6.07, 6.45) is 6.43. The third-order valence-corrected chi connectivity index (χ3v) is 6.94. The summed E-state index contributed by atoms with van der Waals surface area (Å²) in [6, 6.07) is 0. The van der Waals surface area contributed by atoms with E-state index in [9.17, 15) is 9.59 Å².